The average molecular weight is 290 g/mol. The van der Waals surface area contributed by atoms with Gasteiger partial charge in [0.05, 0.1) is 7.11 Å². The van der Waals surface area contributed by atoms with Crippen molar-refractivity contribution < 1.29 is 4.74 Å². The van der Waals surface area contributed by atoms with Gasteiger partial charge in [-0.1, -0.05) is 39.0 Å². The second kappa shape index (κ2) is 6.80. The molecule has 0 aliphatic carbocycles. The van der Waals surface area contributed by atoms with E-state index in [2.05, 4.69) is 56.1 Å². The fourth-order valence-corrected chi connectivity index (χ4v) is 2.99. The molecule has 1 heterocycles. The molecule has 21 heavy (non-hydrogen) atoms. The van der Waals surface area contributed by atoms with E-state index in [9.17, 15) is 0 Å². The zero-order valence-corrected chi connectivity index (χ0v) is 14.1. The van der Waals surface area contributed by atoms with E-state index in [4.69, 9.17) is 4.74 Å². The number of ether oxygens (including phenoxy) is 1. The van der Waals surface area contributed by atoms with Crippen LogP contribution in [0.3, 0.4) is 0 Å². The van der Waals surface area contributed by atoms with Gasteiger partial charge < -0.3 is 10.1 Å². The molecule has 3 heteroatoms. The predicted molar refractivity (Wildman–Crippen MR) is 89.0 cm³/mol. The van der Waals surface area contributed by atoms with Crippen molar-refractivity contribution in [2.75, 3.05) is 26.7 Å². The summed E-state index contributed by atoms with van der Waals surface area (Å²) in [6, 6.07) is 9.51. The number of para-hydroxylation sites is 1. The smallest absolute Gasteiger partial charge is 0.122 e. The molecule has 0 aromatic heterocycles. The molecule has 0 amide bonds. The lowest BCUT2D eigenvalue weighted by Gasteiger charge is -2.44. The molecule has 118 valence electrons. The van der Waals surface area contributed by atoms with Gasteiger partial charge in [-0.15, -0.1) is 0 Å². The quantitative estimate of drug-likeness (QED) is 0.922. The number of piperazine rings is 1. The van der Waals surface area contributed by atoms with Crippen LogP contribution in [0.25, 0.3) is 0 Å². The maximum atomic E-state index is 5.46. The van der Waals surface area contributed by atoms with Crippen molar-refractivity contribution >= 4 is 0 Å². The van der Waals surface area contributed by atoms with Gasteiger partial charge in [-0.05, 0) is 30.4 Å². The van der Waals surface area contributed by atoms with E-state index in [1.54, 1.807) is 7.11 Å². The topological polar surface area (TPSA) is 24.5 Å². The molecular formula is C18H30N2O. The van der Waals surface area contributed by atoms with Gasteiger partial charge in [0, 0.05) is 31.7 Å². The summed E-state index contributed by atoms with van der Waals surface area (Å²) >= 11 is 0. The molecule has 0 saturated carbocycles. The van der Waals surface area contributed by atoms with Crippen LogP contribution >= 0.6 is 0 Å². The molecule has 1 N–H and O–H groups in total. The molecule has 1 aromatic carbocycles. The van der Waals surface area contributed by atoms with Crippen molar-refractivity contribution in [2.45, 2.75) is 46.2 Å². The summed E-state index contributed by atoms with van der Waals surface area (Å²) in [5.74, 6) is 1.01. The molecule has 1 fully saturated rings. The Labute approximate surface area is 129 Å². The van der Waals surface area contributed by atoms with Crippen molar-refractivity contribution in [3.8, 4) is 5.75 Å². The summed E-state index contributed by atoms with van der Waals surface area (Å²) in [7, 11) is 1.75. The molecular weight excluding hydrogens is 260 g/mol. The maximum Gasteiger partial charge on any atom is 0.122 e. The van der Waals surface area contributed by atoms with Crippen molar-refractivity contribution in [3.05, 3.63) is 29.8 Å². The molecule has 3 nitrogen and oxygen atoms in total. The molecule has 2 unspecified atom stereocenters. The van der Waals surface area contributed by atoms with Crippen LogP contribution in [-0.2, 0) is 6.42 Å². The highest BCUT2D eigenvalue weighted by atomic mass is 16.5. The van der Waals surface area contributed by atoms with Gasteiger partial charge in [0.1, 0.15) is 5.75 Å². The highest BCUT2D eigenvalue weighted by Gasteiger charge is 2.32. The molecule has 0 radical (unpaired) electrons. The zero-order chi connectivity index (χ0) is 15.5. The van der Waals surface area contributed by atoms with E-state index >= 15 is 0 Å². The lowest BCUT2D eigenvalue weighted by molar-refractivity contribution is 0.0946. The summed E-state index contributed by atoms with van der Waals surface area (Å²) in [5.41, 5.74) is 1.61. The molecule has 2 atom stereocenters. The Morgan fingerprint density at radius 1 is 1.29 bits per heavy atom. The van der Waals surface area contributed by atoms with Crippen LogP contribution in [0.5, 0.6) is 5.75 Å². The Hall–Kier alpha value is -1.06. The normalized spacial score (nSPS) is 24.0. The largest absolute Gasteiger partial charge is 0.496 e. The van der Waals surface area contributed by atoms with Crippen LogP contribution in [-0.4, -0.2) is 43.7 Å². The van der Waals surface area contributed by atoms with E-state index in [0.29, 0.717) is 17.5 Å². The lowest BCUT2D eigenvalue weighted by Crippen LogP contribution is -2.59. The summed E-state index contributed by atoms with van der Waals surface area (Å²) in [4.78, 5) is 2.61. The second-order valence-electron chi connectivity index (χ2n) is 7.23. The van der Waals surface area contributed by atoms with Gasteiger partial charge in [0.2, 0.25) is 0 Å². The first-order valence-corrected chi connectivity index (χ1v) is 8.01. The van der Waals surface area contributed by atoms with Crippen molar-refractivity contribution in [1.29, 1.82) is 0 Å². The molecule has 1 aromatic rings. The predicted octanol–water partition coefficient (Wildman–Crippen LogP) is 2.95. The maximum absolute atomic E-state index is 5.46. The number of nitrogens with zero attached hydrogens (tertiary/aromatic N) is 1. The van der Waals surface area contributed by atoms with Crippen molar-refractivity contribution in [2.24, 2.45) is 5.41 Å². The minimum Gasteiger partial charge on any atom is -0.496 e. The number of benzene rings is 1. The summed E-state index contributed by atoms with van der Waals surface area (Å²) < 4.78 is 5.46. The van der Waals surface area contributed by atoms with Gasteiger partial charge in [-0.2, -0.15) is 0 Å². The lowest BCUT2D eigenvalue weighted by atomic mass is 9.84. The fraction of sp³-hybridized carbons (Fsp3) is 0.667. The average Bonchev–Trinajstić information content (AvgIpc) is 2.45. The van der Waals surface area contributed by atoms with Crippen LogP contribution in [0.2, 0.25) is 0 Å². The molecule has 2 rings (SSSR count). The standard InChI is InChI=1S/C18H30N2O/c1-14-12-19-17(18(2,3)4)13-20(14)11-10-15-8-6-7-9-16(15)21-5/h6-9,14,17,19H,10-13H2,1-5H3. The third-order valence-corrected chi connectivity index (χ3v) is 4.61. The number of rotatable bonds is 4. The van der Waals surface area contributed by atoms with Gasteiger partial charge in [0.25, 0.3) is 0 Å². The minimum absolute atomic E-state index is 0.308. The van der Waals surface area contributed by atoms with Crippen LogP contribution in [0.15, 0.2) is 24.3 Å². The molecule has 1 saturated heterocycles. The highest BCUT2D eigenvalue weighted by molar-refractivity contribution is 5.33. The highest BCUT2D eigenvalue weighted by Crippen LogP contribution is 2.24. The molecule has 0 bridgehead atoms. The second-order valence-corrected chi connectivity index (χ2v) is 7.23. The Kier molecular flexibility index (Phi) is 5.28. The monoisotopic (exact) mass is 290 g/mol. The fourth-order valence-electron chi connectivity index (χ4n) is 2.99. The number of nitrogens with one attached hydrogen (secondary N) is 1. The number of methoxy groups -OCH3 is 1. The first kappa shape index (κ1) is 16.3. The van der Waals surface area contributed by atoms with Crippen LogP contribution in [0.4, 0.5) is 0 Å². The Morgan fingerprint density at radius 3 is 2.67 bits per heavy atom. The van der Waals surface area contributed by atoms with E-state index in [0.717, 1.165) is 31.8 Å². The van der Waals surface area contributed by atoms with E-state index in [1.807, 2.05) is 6.07 Å². The van der Waals surface area contributed by atoms with E-state index in [1.165, 1.54) is 5.56 Å². The minimum atomic E-state index is 0.308. The SMILES string of the molecule is COc1ccccc1CCN1CC(C(C)(C)C)NCC1C. The van der Waals surface area contributed by atoms with Crippen molar-refractivity contribution in [1.82, 2.24) is 10.2 Å². The third-order valence-electron chi connectivity index (χ3n) is 4.61. The molecule has 1 aliphatic heterocycles. The van der Waals surface area contributed by atoms with Gasteiger partial charge in [-0.25, -0.2) is 0 Å². The first-order valence-electron chi connectivity index (χ1n) is 8.01. The van der Waals surface area contributed by atoms with Gasteiger partial charge in [-0.3, -0.25) is 4.90 Å². The van der Waals surface area contributed by atoms with Crippen molar-refractivity contribution in [3.63, 3.8) is 0 Å². The number of hydrogen-bond acceptors (Lipinski definition) is 3. The Balaban J connectivity index is 1.97. The van der Waals surface area contributed by atoms with Crippen LogP contribution in [0.1, 0.15) is 33.3 Å². The van der Waals surface area contributed by atoms with Crippen LogP contribution < -0.4 is 10.1 Å². The molecule has 0 spiro atoms. The van der Waals surface area contributed by atoms with E-state index < -0.39 is 0 Å². The van der Waals surface area contributed by atoms with E-state index in [-0.39, 0.29) is 0 Å². The Bertz CT molecular complexity index is 453. The third kappa shape index (κ3) is 4.21. The van der Waals surface area contributed by atoms with Crippen LogP contribution in [0, 0.1) is 5.41 Å². The summed E-state index contributed by atoms with van der Waals surface area (Å²) in [5, 5.41) is 3.69. The van der Waals surface area contributed by atoms with Gasteiger partial charge >= 0.3 is 0 Å². The summed E-state index contributed by atoms with van der Waals surface area (Å²) in [6.45, 7) is 12.6. The zero-order valence-electron chi connectivity index (χ0n) is 14.1. The first-order chi connectivity index (χ1) is 9.91. The van der Waals surface area contributed by atoms with Gasteiger partial charge in [0.15, 0.2) is 0 Å². The molecule has 1 aliphatic rings. The number of hydrogen-bond donors (Lipinski definition) is 1. The Morgan fingerprint density at radius 2 is 2.00 bits per heavy atom. The summed E-state index contributed by atoms with van der Waals surface area (Å²) in [6.07, 6.45) is 1.05.